The van der Waals surface area contributed by atoms with Gasteiger partial charge in [0, 0.05) is 36.7 Å². The Bertz CT molecular complexity index is 665. The van der Waals surface area contributed by atoms with Gasteiger partial charge in [0.15, 0.2) is 0 Å². The fourth-order valence-electron chi connectivity index (χ4n) is 3.36. The van der Waals surface area contributed by atoms with Crippen molar-refractivity contribution >= 4 is 5.69 Å². The molecule has 0 amide bonds. The lowest BCUT2D eigenvalue weighted by Gasteiger charge is -2.32. The summed E-state index contributed by atoms with van der Waals surface area (Å²) in [4.78, 5) is 9.62. The first-order valence-electron chi connectivity index (χ1n) is 9.30. The zero-order chi connectivity index (χ0) is 19.1. The minimum Gasteiger partial charge on any atom is -0.406 e. The molecule has 5 nitrogen and oxygen atoms in total. The molecule has 0 bridgehead atoms. The highest BCUT2D eigenvalue weighted by Gasteiger charge is 2.31. The third-order valence-electron chi connectivity index (χ3n) is 4.77. The molecular formula is C19H25F3N4O. The van der Waals surface area contributed by atoms with Gasteiger partial charge in [-0.25, -0.2) is 4.98 Å². The maximum Gasteiger partial charge on any atom is 0.573 e. The van der Waals surface area contributed by atoms with Gasteiger partial charge in [-0.3, -0.25) is 0 Å². The van der Waals surface area contributed by atoms with Crippen molar-refractivity contribution in [1.29, 1.82) is 0 Å². The molecule has 1 saturated heterocycles. The molecule has 1 aliphatic rings. The predicted octanol–water partition coefficient (Wildman–Crippen LogP) is 4.21. The quantitative estimate of drug-likeness (QED) is 0.672. The first-order chi connectivity index (χ1) is 13.0. The minimum absolute atomic E-state index is 0.196. The van der Waals surface area contributed by atoms with Crippen LogP contribution in [0, 0.1) is 0 Å². The summed E-state index contributed by atoms with van der Waals surface area (Å²) >= 11 is 0. The molecule has 0 aliphatic carbocycles. The van der Waals surface area contributed by atoms with Crippen LogP contribution in [-0.2, 0) is 6.42 Å². The second-order valence-electron chi connectivity index (χ2n) is 6.87. The number of hydrogen-bond acceptors (Lipinski definition) is 4. The fourth-order valence-corrected chi connectivity index (χ4v) is 3.36. The number of hydrogen-bond donors (Lipinski definition) is 2. The number of ether oxygens (including phenoxy) is 1. The summed E-state index contributed by atoms with van der Waals surface area (Å²) < 4.78 is 40.5. The van der Waals surface area contributed by atoms with E-state index in [1.165, 1.54) is 17.8 Å². The number of unbranched alkanes of at least 4 members (excludes halogenated alkanes) is 1. The van der Waals surface area contributed by atoms with Crippen molar-refractivity contribution in [2.45, 2.75) is 44.5 Å². The molecule has 0 atom stereocenters. The van der Waals surface area contributed by atoms with Crippen molar-refractivity contribution in [3.63, 3.8) is 0 Å². The Morgan fingerprint density at radius 3 is 2.52 bits per heavy atom. The minimum atomic E-state index is -4.65. The Hall–Kier alpha value is -2.22. The van der Waals surface area contributed by atoms with Crippen molar-refractivity contribution in [1.82, 2.24) is 14.9 Å². The predicted molar refractivity (Wildman–Crippen MR) is 97.7 cm³/mol. The summed E-state index contributed by atoms with van der Waals surface area (Å²) in [7, 11) is 0. The Labute approximate surface area is 156 Å². The Morgan fingerprint density at radius 2 is 1.89 bits per heavy atom. The highest BCUT2D eigenvalue weighted by atomic mass is 19.4. The number of benzene rings is 1. The van der Waals surface area contributed by atoms with Crippen LogP contribution in [-0.4, -0.2) is 46.9 Å². The number of alkyl halides is 3. The number of nitrogens with one attached hydrogen (secondary N) is 2. The highest BCUT2D eigenvalue weighted by molar-refractivity contribution is 5.47. The molecule has 0 saturated carbocycles. The number of rotatable bonds is 8. The number of imidazole rings is 1. The molecule has 148 valence electrons. The third-order valence-corrected chi connectivity index (χ3v) is 4.77. The largest absolute Gasteiger partial charge is 0.573 e. The van der Waals surface area contributed by atoms with E-state index in [9.17, 15) is 13.2 Å². The summed E-state index contributed by atoms with van der Waals surface area (Å²) in [6.07, 6.45) is 4.34. The lowest BCUT2D eigenvalue weighted by Crippen LogP contribution is -2.39. The number of piperidine rings is 1. The first kappa shape index (κ1) is 19.5. The zero-order valence-electron chi connectivity index (χ0n) is 15.1. The van der Waals surface area contributed by atoms with E-state index < -0.39 is 6.36 Å². The molecule has 2 N–H and O–H groups in total. The van der Waals surface area contributed by atoms with Crippen molar-refractivity contribution in [2.75, 3.05) is 25.0 Å². The number of aryl methyl sites for hydroxylation is 1. The highest BCUT2D eigenvalue weighted by Crippen LogP contribution is 2.25. The maximum atomic E-state index is 12.2. The molecule has 3 rings (SSSR count). The van der Waals surface area contributed by atoms with Gasteiger partial charge in [0.2, 0.25) is 0 Å². The Kier molecular flexibility index (Phi) is 6.60. The number of halogens is 3. The van der Waals surface area contributed by atoms with E-state index in [4.69, 9.17) is 0 Å². The van der Waals surface area contributed by atoms with Crippen molar-refractivity contribution in [2.24, 2.45) is 0 Å². The molecule has 0 unspecified atom stereocenters. The van der Waals surface area contributed by atoms with Gasteiger partial charge in [-0.15, -0.1) is 13.2 Å². The van der Waals surface area contributed by atoms with E-state index in [-0.39, 0.29) is 5.75 Å². The number of likely N-dealkylation sites (tertiary alicyclic amines) is 1. The van der Waals surface area contributed by atoms with Crippen LogP contribution >= 0.6 is 0 Å². The molecule has 1 aromatic carbocycles. The summed E-state index contributed by atoms with van der Waals surface area (Å²) in [5, 5.41) is 3.40. The van der Waals surface area contributed by atoms with Crippen LogP contribution < -0.4 is 10.1 Å². The third kappa shape index (κ3) is 6.78. The first-order valence-corrected chi connectivity index (χ1v) is 9.30. The van der Waals surface area contributed by atoms with Gasteiger partial charge in [-0.2, -0.15) is 0 Å². The van der Waals surface area contributed by atoms with Crippen molar-refractivity contribution in [3.8, 4) is 5.75 Å². The summed E-state index contributed by atoms with van der Waals surface area (Å²) in [6.45, 7) is 3.18. The molecular weight excluding hydrogens is 357 g/mol. The standard InChI is InChI=1S/C19H25F3N4O/c20-19(21,22)27-18-6-4-15(5-7-18)25-16-8-11-26(12-9-16)10-2-1-3-17-13-23-14-24-17/h4-7,13-14,16,25H,1-3,8-12H2,(H,23,24). The summed E-state index contributed by atoms with van der Waals surface area (Å²) in [5.41, 5.74) is 2.01. The number of aromatic nitrogens is 2. The Balaban J connectivity index is 1.33. The second-order valence-corrected chi connectivity index (χ2v) is 6.87. The summed E-state index contributed by atoms with van der Waals surface area (Å²) in [5.74, 6) is -0.196. The van der Waals surface area contributed by atoms with Crippen LogP contribution in [0.2, 0.25) is 0 Å². The van der Waals surface area contributed by atoms with Crippen molar-refractivity contribution in [3.05, 3.63) is 42.5 Å². The van der Waals surface area contributed by atoms with Crippen LogP contribution in [0.3, 0.4) is 0 Å². The molecule has 1 aromatic heterocycles. The number of anilines is 1. The SMILES string of the molecule is FC(F)(F)Oc1ccc(NC2CCN(CCCCc3cnc[nH]3)CC2)cc1. The molecule has 8 heteroatoms. The molecule has 0 radical (unpaired) electrons. The van der Waals surface area contributed by atoms with Crippen LogP contribution in [0.15, 0.2) is 36.8 Å². The van der Waals surface area contributed by atoms with E-state index >= 15 is 0 Å². The number of H-pyrrole nitrogens is 1. The molecule has 1 aliphatic heterocycles. The van der Waals surface area contributed by atoms with Crippen LogP contribution in [0.25, 0.3) is 0 Å². The van der Waals surface area contributed by atoms with Gasteiger partial charge in [-0.1, -0.05) is 0 Å². The maximum absolute atomic E-state index is 12.2. The van der Waals surface area contributed by atoms with Crippen LogP contribution in [0.1, 0.15) is 31.4 Å². The lowest BCUT2D eigenvalue weighted by molar-refractivity contribution is -0.274. The second kappa shape index (κ2) is 9.12. The molecule has 2 heterocycles. The molecule has 0 spiro atoms. The van der Waals surface area contributed by atoms with Crippen LogP contribution in [0.4, 0.5) is 18.9 Å². The zero-order valence-corrected chi connectivity index (χ0v) is 15.1. The van der Waals surface area contributed by atoms with E-state index in [2.05, 4.69) is 24.9 Å². The van der Waals surface area contributed by atoms with Gasteiger partial charge in [0.25, 0.3) is 0 Å². The van der Waals surface area contributed by atoms with E-state index in [1.54, 1.807) is 18.5 Å². The Morgan fingerprint density at radius 1 is 1.15 bits per heavy atom. The number of aromatic amines is 1. The summed E-state index contributed by atoms with van der Waals surface area (Å²) in [6, 6.07) is 6.28. The average molecular weight is 382 g/mol. The van der Waals surface area contributed by atoms with E-state index in [0.717, 1.165) is 57.4 Å². The fraction of sp³-hybridized carbons (Fsp3) is 0.526. The van der Waals surface area contributed by atoms with Crippen LogP contribution in [0.5, 0.6) is 5.75 Å². The van der Waals surface area contributed by atoms with Gasteiger partial charge in [0.1, 0.15) is 5.75 Å². The lowest BCUT2D eigenvalue weighted by atomic mass is 10.0. The number of nitrogens with zero attached hydrogens (tertiary/aromatic N) is 2. The monoisotopic (exact) mass is 382 g/mol. The van der Waals surface area contributed by atoms with Gasteiger partial charge in [-0.05, 0) is 62.9 Å². The molecule has 2 aromatic rings. The normalized spacial score (nSPS) is 16.4. The van der Waals surface area contributed by atoms with Crippen molar-refractivity contribution < 1.29 is 17.9 Å². The van der Waals surface area contributed by atoms with Gasteiger partial charge in [0.05, 0.1) is 6.33 Å². The average Bonchev–Trinajstić information content (AvgIpc) is 3.14. The topological polar surface area (TPSA) is 53.2 Å². The van der Waals surface area contributed by atoms with Gasteiger partial charge >= 0.3 is 6.36 Å². The van der Waals surface area contributed by atoms with Gasteiger partial charge < -0.3 is 19.9 Å². The molecule has 1 fully saturated rings. The smallest absolute Gasteiger partial charge is 0.406 e. The van der Waals surface area contributed by atoms with E-state index in [1.807, 2.05) is 6.20 Å². The molecule has 27 heavy (non-hydrogen) atoms. The van der Waals surface area contributed by atoms with E-state index in [0.29, 0.717) is 6.04 Å².